The van der Waals surface area contributed by atoms with Crippen LogP contribution in [0.3, 0.4) is 0 Å². The molecule has 2 heterocycles. The van der Waals surface area contributed by atoms with Gasteiger partial charge in [-0.25, -0.2) is 0 Å². The number of benzene rings is 1. The van der Waals surface area contributed by atoms with Crippen molar-refractivity contribution in [3.63, 3.8) is 0 Å². The Labute approximate surface area is 142 Å². The van der Waals surface area contributed by atoms with Gasteiger partial charge in [0.1, 0.15) is 0 Å². The summed E-state index contributed by atoms with van der Waals surface area (Å²) in [6.07, 6.45) is 2.23. The number of hydrogen-bond donors (Lipinski definition) is 0. The summed E-state index contributed by atoms with van der Waals surface area (Å²) in [5.74, 6) is 0. The lowest BCUT2D eigenvalue weighted by molar-refractivity contribution is -0.137. The fraction of sp³-hybridized carbons (Fsp3) is 0.684. The highest BCUT2D eigenvalue weighted by molar-refractivity contribution is 5.26. The number of aryl methyl sites for hydroxylation is 1. The molecule has 2 aliphatic heterocycles. The minimum atomic E-state index is -4.26. The summed E-state index contributed by atoms with van der Waals surface area (Å²) in [5, 5.41) is 0. The second-order valence-electron chi connectivity index (χ2n) is 7.46. The Balaban J connectivity index is 1.74. The van der Waals surface area contributed by atoms with Gasteiger partial charge in [-0.2, -0.15) is 13.2 Å². The van der Waals surface area contributed by atoms with Crippen molar-refractivity contribution in [2.45, 2.75) is 50.2 Å². The standard InChI is InChI=1S/C19H27F3N2/c1-23-11-5-9-18(15-23,24-12-2-3-13-24)10-8-16-6-4-7-17(14-16)19(20,21)22/h4,6-7,14H,2-3,5,8-13,15H2,1H3/t18-/m1/s1. The van der Waals surface area contributed by atoms with Crippen LogP contribution < -0.4 is 0 Å². The zero-order valence-corrected chi connectivity index (χ0v) is 14.4. The minimum absolute atomic E-state index is 0.137. The number of halogens is 3. The van der Waals surface area contributed by atoms with Crippen LogP contribution in [0.25, 0.3) is 0 Å². The second-order valence-corrected chi connectivity index (χ2v) is 7.46. The molecule has 0 aromatic heterocycles. The van der Waals surface area contributed by atoms with Crippen LogP contribution in [0.4, 0.5) is 13.2 Å². The van der Waals surface area contributed by atoms with Gasteiger partial charge in [-0.1, -0.05) is 18.2 Å². The summed E-state index contributed by atoms with van der Waals surface area (Å²) < 4.78 is 38.8. The first-order chi connectivity index (χ1) is 11.4. The number of nitrogens with zero attached hydrogens (tertiary/aromatic N) is 2. The number of likely N-dealkylation sites (tertiary alicyclic amines) is 2. The molecule has 5 heteroatoms. The molecule has 1 atom stereocenters. The van der Waals surface area contributed by atoms with E-state index in [9.17, 15) is 13.2 Å². The van der Waals surface area contributed by atoms with Crippen LogP contribution in [0, 0.1) is 0 Å². The number of rotatable bonds is 4. The Bertz CT molecular complexity index is 552. The molecule has 0 radical (unpaired) electrons. The molecule has 1 aromatic rings. The van der Waals surface area contributed by atoms with Crippen molar-refractivity contribution in [2.24, 2.45) is 0 Å². The topological polar surface area (TPSA) is 6.48 Å². The summed E-state index contributed by atoms with van der Waals surface area (Å²) in [6, 6.07) is 5.85. The molecule has 24 heavy (non-hydrogen) atoms. The van der Waals surface area contributed by atoms with Gasteiger partial charge in [0, 0.05) is 12.1 Å². The third-order valence-electron chi connectivity index (χ3n) is 5.66. The highest BCUT2D eigenvalue weighted by Crippen LogP contribution is 2.35. The van der Waals surface area contributed by atoms with E-state index in [1.165, 1.54) is 31.4 Å². The van der Waals surface area contributed by atoms with Crippen molar-refractivity contribution in [1.82, 2.24) is 9.80 Å². The maximum absolute atomic E-state index is 12.9. The van der Waals surface area contributed by atoms with E-state index in [1.807, 2.05) is 6.07 Å². The summed E-state index contributed by atoms with van der Waals surface area (Å²) in [7, 11) is 2.16. The number of hydrogen-bond acceptors (Lipinski definition) is 2. The Morgan fingerprint density at radius 2 is 1.83 bits per heavy atom. The summed E-state index contributed by atoms with van der Waals surface area (Å²) in [6.45, 7) is 4.43. The van der Waals surface area contributed by atoms with E-state index >= 15 is 0 Å². The van der Waals surface area contributed by atoms with Gasteiger partial charge in [0.25, 0.3) is 0 Å². The monoisotopic (exact) mass is 340 g/mol. The Morgan fingerprint density at radius 1 is 1.08 bits per heavy atom. The van der Waals surface area contributed by atoms with Crippen LogP contribution in [0.1, 0.15) is 43.2 Å². The Kier molecular flexibility index (Phi) is 5.21. The molecule has 1 aromatic carbocycles. The largest absolute Gasteiger partial charge is 0.416 e. The summed E-state index contributed by atoms with van der Waals surface area (Å²) in [5.41, 5.74) is 0.408. The second kappa shape index (κ2) is 7.04. The molecule has 0 amide bonds. The third kappa shape index (κ3) is 3.94. The van der Waals surface area contributed by atoms with Gasteiger partial charge < -0.3 is 4.90 Å². The molecule has 2 fully saturated rings. The van der Waals surface area contributed by atoms with Crippen LogP contribution in [0.5, 0.6) is 0 Å². The van der Waals surface area contributed by atoms with Crippen molar-refractivity contribution in [3.8, 4) is 0 Å². The average molecular weight is 340 g/mol. The van der Waals surface area contributed by atoms with Crippen LogP contribution >= 0.6 is 0 Å². The maximum Gasteiger partial charge on any atom is 0.416 e. The highest BCUT2D eigenvalue weighted by atomic mass is 19.4. The van der Waals surface area contributed by atoms with Crippen LogP contribution in [0.2, 0.25) is 0 Å². The van der Waals surface area contributed by atoms with Gasteiger partial charge in [0.05, 0.1) is 5.56 Å². The predicted octanol–water partition coefficient (Wildman–Crippen LogP) is 4.20. The summed E-state index contributed by atoms with van der Waals surface area (Å²) in [4.78, 5) is 4.99. The van der Waals surface area contributed by atoms with Gasteiger partial charge in [0.15, 0.2) is 0 Å². The lowest BCUT2D eigenvalue weighted by Crippen LogP contribution is -2.57. The predicted molar refractivity (Wildman–Crippen MR) is 90.0 cm³/mol. The van der Waals surface area contributed by atoms with Crippen molar-refractivity contribution in [3.05, 3.63) is 35.4 Å². The van der Waals surface area contributed by atoms with Crippen LogP contribution in [0.15, 0.2) is 24.3 Å². The van der Waals surface area contributed by atoms with Gasteiger partial charge in [-0.15, -0.1) is 0 Å². The van der Waals surface area contributed by atoms with Gasteiger partial charge in [0.2, 0.25) is 0 Å². The molecule has 0 aliphatic carbocycles. The number of piperidine rings is 1. The first kappa shape index (κ1) is 17.7. The minimum Gasteiger partial charge on any atom is -0.305 e. The smallest absolute Gasteiger partial charge is 0.305 e. The average Bonchev–Trinajstić information content (AvgIpc) is 3.08. The highest BCUT2D eigenvalue weighted by Gasteiger charge is 2.40. The fourth-order valence-corrected chi connectivity index (χ4v) is 4.43. The molecular weight excluding hydrogens is 313 g/mol. The molecular formula is C19H27F3N2. The molecule has 0 saturated carbocycles. The lowest BCUT2D eigenvalue weighted by Gasteiger charge is -2.48. The van der Waals surface area contributed by atoms with E-state index < -0.39 is 11.7 Å². The molecule has 3 rings (SSSR count). The third-order valence-corrected chi connectivity index (χ3v) is 5.66. The van der Waals surface area contributed by atoms with E-state index in [2.05, 4.69) is 16.8 Å². The van der Waals surface area contributed by atoms with E-state index in [-0.39, 0.29) is 5.54 Å². The first-order valence-corrected chi connectivity index (χ1v) is 8.99. The zero-order valence-electron chi connectivity index (χ0n) is 14.4. The van der Waals surface area contributed by atoms with E-state index in [1.54, 1.807) is 0 Å². The lowest BCUT2D eigenvalue weighted by atomic mass is 9.82. The van der Waals surface area contributed by atoms with Gasteiger partial charge >= 0.3 is 6.18 Å². The molecule has 0 unspecified atom stereocenters. The molecule has 2 saturated heterocycles. The van der Waals surface area contributed by atoms with Crippen molar-refractivity contribution < 1.29 is 13.2 Å². The molecule has 134 valence electrons. The zero-order chi connectivity index (χ0) is 17.2. The number of alkyl halides is 3. The fourth-order valence-electron chi connectivity index (χ4n) is 4.43. The molecule has 0 spiro atoms. The van der Waals surface area contributed by atoms with Crippen LogP contribution in [-0.2, 0) is 12.6 Å². The normalized spacial score (nSPS) is 26.8. The first-order valence-electron chi connectivity index (χ1n) is 8.99. The Morgan fingerprint density at radius 3 is 2.50 bits per heavy atom. The molecule has 2 aliphatic rings. The Hall–Kier alpha value is -1.07. The molecule has 0 bridgehead atoms. The summed E-state index contributed by atoms with van der Waals surface area (Å²) >= 11 is 0. The quantitative estimate of drug-likeness (QED) is 0.811. The van der Waals surface area contributed by atoms with E-state index in [0.717, 1.165) is 50.7 Å². The van der Waals surface area contributed by atoms with Gasteiger partial charge in [-0.05, 0) is 76.8 Å². The SMILES string of the molecule is CN1CCC[C@](CCc2cccc(C(F)(F)F)c2)(N2CCCC2)C1. The molecule has 2 nitrogen and oxygen atoms in total. The van der Waals surface area contributed by atoms with Gasteiger partial charge in [-0.3, -0.25) is 4.90 Å². The van der Waals surface area contributed by atoms with E-state index in [4.69, 9.17) is 0 Å². The van der Waals surface area contributed by atoms with Crippen molar-refractivity contribution >= 4 is 0 Å². The van der Waals surface area contributed by atoms with Crippen molar-refractivity contribution in [2.75, 3.05) is 33.2 Å². The van der Waals surface area contributed by atoms with Crippen LogP contribution in [-0.4, -0.2) is 48.6 Å². The van der Waals surface area contributed by atoms with Crippen molar-refractivity contribution in [1.29, 1.82) is 0 Å². The molecule has 0 N–H and O–H groups in total. The maximum atomic E-state index is 12.9. The number of likely N-dealkylation sites (N-methyl/N-ethyl adjacent to an activating group) is 1. The van der Waals surface area contributed by atoms with E-state index in [0.29, 0.717) is 6.42 Å².